The average Bonchev–Trinajstić information content (AvgIpc) is 2.13. The molecule has 0 aliphatic heterocycles. The van der Waals surface area contributed by atoms with Crippen LogP contribution in [0.3, 0.4) is 0 Å². The third kappa shape index (κ3) is 4.77. The van der Waals surface area contributed by atoms with E-state index in [9.17, 15) is 9.90 Å². The molecule has 1 aromatic rings. The number of halogens is 1. The highest BCUT2D eigenvalue weighted by Gasteiger charge is 2.23. The molecule has 0 radical (unpaired) electrons. The molecular weight excluding hydrogens is 272 g/mol. The number of carboxylic acid groups (broad SMARTS) is 1. The number of aryl methyl sites for hydroxylation is 1. The van der Waals surface area contributed by atoms with Gasteiger partial charge in [0, 0.05) is 4.47 Å². The molecule has 16 heavy (non-hydrogen) atoms. The lowest BCUT2D eigenvalue weighted by atomic mass is 9.94. The summed E-state index contributed by atoms with van der Waals surface area (Å²) in [6, 6.07) is 7.78. The summed E-state index contributed by atoms with van der Waals surface area (Å²) in [4.78, 5) is 10.5. The first-order chi connectivity index (χ1) is 7.39. The molecule has 0 aliphatic rings. The highest BCUT2D eigenvalue weighted by atomic mass is 79.9. The lowest BCUT2D eigenvalue weighted by Gasteiger charge is -2.20. The number of carboxylic acids is 1. The van der Waals surface area contributed by atoms with E-state index in [4.69, 9.17) is 5.11 Å². The van der Waals surface area contributed by atoms with E-state index in [-0.39, 0.29) is 6.42 Å². The summed E-state index contributed by atoms with van der Waals surface area (Å²) in [6.07, 6.45) is 0.885. The van der Waals surface area contributed by atoms with Gasteiger partial charge < -0.3 is 10.2 Å². The maximum absolute atomic E-state index is 10.5. The van der Waals surface area contributed by atoms with Crippen LogP contribution in [0.2, 0.25) is 0 Å². The van der Waals surface area contributed by atoms with Gasteiger partial charge in [-0.2, -0.15) is 0 Å². The quantitative estimate of drug-likeness (QED) is 0.875. The third-order valence-electron chi connectivity index (χ3n) is 2.37. The van der Waals surface area contributed by atoms with Gasteiger partial charge in [-0.3, -0.25) is 4.79 Å². The summed E-state index contributed by atoms with van der Waals surface area (Å²) in [5.74, 6) is -0.973. The van der Waals surface area contributed by atoms with Gasteiger partial charge in [0.2, 0.25) is 0 Å². The first kappa shape index (κ1) is 13.2. The number of hydrogen-bond acceptors (Lipinski definition) is 2. The molecule has 1 aromatic carbocycles. The van der Waals surface area contributed by atoms with Crippen molar-refractivity contribution in [3.8, 4) is 0 Å². The fraction of sp³-hybridized carbons (Fsp3) is 0.417. The lowest BCUT2D eigenvalue weighted by Crippen LogP contribution is -2.28. The van der Waals surface area contributed by atoms with Crippen LogP contribution >= 0.6 is 15.9 Å². The van der Waals surface area contributed by atoms with Crippen molar-refractivity contribution in [2.45, 2.75) is 31.8 Å². The fourth-order valence-electron chi connectivity index (χ4n) is 1.52. The smallest absolute Gasteiger partial charge is 0.306 e. The van der Waals surface area contributed by atoms with Crippen LogP contribution in [0.25, 0.3) is 0 Å². The molecule has 0 aliphatic carbocycles. The third-order valence-corrected chi connectivity index (χ3v) is 2.87. The second-order valence-corrected chi connectivity index (χ2v) is 5.11. The summed E-state index contributed by atoms with van der Waals surface area (Å²) < 4.78 is 0.989. The second kappa shape index (κ2) is 5.46. The molecule has 0 amide bonds. The van der Waals surface area contributed by atoms with Gasteiger partial charge in [-0.25, -0.2) is 0 Å². The maximum Gasteiger partial charge on any atom is 0.306 e. The second-order valence-electron chi connectivity index (χ2n) is 4.20. The van der Waals surface area contributed by atoms with Crippen molar-refractivity contribution in [2.24, 2.45) is 0 Å². The summed E-state index contributed by atoms with van der Waals surface area (Å²) in [6.45, 7) is 1.55. The predicted molar refractivity (Wildman–Crippen MR) is 65.3 cm³/mol. The van der Waals surface area contributed by atoms with Crippen LogP contribution in [0.5, 0.6) is 0 Å². The molecule has 0 fully saturated rings. The van der Waals surface area contributed by atoms with Gasteiger partial charge >= 0.3 is 5.97 Å². The fourth-order valence-corrected chi connectivity index (χ4v) is 1.97. The van der Waals surface area contributed by atoms with E-state index in [1.165, 1.54) is 0 Å². The molecule has 2 N–H and O–H groups in total. The number of aliphatic carboxylic acids is 1. The zero-order valence-electron chi connectivity index (χ0n) is 9.11. The van der Waals surface area contributed by atoms with E-state index >= 15 is 0 Å². The monoisotopic (exact) mass is 286 g/mol. The molecule has 0 aromatic heterocycles. The van der Waals surface area contributed by atoms with Crippen LogP contribution in [-0.4, -0.2) is 21.8 Å². The van der Waals surface area contributed by atoms with Gasteiger partial charge in [0.15, 0.2) is 0 Å². The molecule has 0 heterocycles. The van der Waals surface area contributed by atoms with E-state index in [1.54, 1.807) is 6.92 Å². The van der Waals surface area contributed by atoms with Crippen molar-refractivity contribution in [2.75, 3.05) is 0 Å². The Morgan fingerprint density at radius 1 is 1.50 bits per heavy atom. The Bertz CT molecular complexity index is 374. The summed E-state index contributed by atoms with van der Waals surface area (Å²) >= 11 is 3.37. The molecule has 1 unspecified atom stereocenters. The molecule has 1 atom stereocenters. The minimum Gasteiger partial charge on any atom is -0.481 e. The number of rotatable bonds is 5. The molecule has 0 saturated heterocycles. The Morgan fingerprint density at radius 3 is 2.75 bits per heavy atom. The normalized spacial score (nSPS) is 14.4. The molecule has 4 heteroatoms. The van der Waals surface area contributed by atoms with E-state index in [0.29, 0.717) is 12.8 Å². The van der Waals surface area contributed by atoms with Crippen LogP contribution in [-0.2, 0) is 11.2 Å². The van der Waals surface area contributed by atoms with Gasteiger partial charge in [0.05, 0.1) is 12.0 Å². The summed E-state index contributed by atoms with van der Waals surface area (Å²) in [5.41, 5.74) is -0.0613. The maximum atomic E-state index is 10.5. The largest absolute Gasteiger partial charge is 0.481 e. The Kier molecular flexibility index (Phi) is 4.50. The number of aliphatic hydroxyl groups is 1. The summed E-state index contributed by atoms with van der Waals surface area (Å²) in [5, 5.41) is 18.4. The predicted octanol–water partition coefficient (Wildman–Crippen LogP) is 2.61. The lowest BCUT2D eigenvalue weighted by molar-refractivity contribution is -0.142. The number of hydrogen-bond donors (Lipinski definition) is 2. The van der Waals surface area contributed by atoms with Crippen molar-refractivity contribution in [3.05, 3.63) is 34.3 Å². The minimum absolute atomic E-state index is 0.221. The topological polar surface area (TPSA) is 57.5 Å². The molecule has 3 nitrogen and oxygen atoms in total. The highest BCUT2D eigenvalue weighted by Crippen LogP contribution is 2.19. The zero-order chi connectivity index (χ0) is 12.2. The van der Waals surface area contributed by atoms with Crippen molar-refractivity contribution < 1.29 is 15.0 Å². The number of carbonyl (C=O) groups is 1. The summed E-state index contributed by atoms with van der Waals surface area (Å²) in [7, 11) is 0. The molecule has 88 valence electrons. The zero-order valence-corrected chi connectivity index (χ0v) is 10.7. The Hall–Kier alpha value is -0.870. The highest BCUT2D eigenvalue weighted by molar-refractivity contribution is 9.10. The number of benzene rings is 1. The Morgan fingerprint density at radius 2 is 2.19 bits per heavy atom. The Balaban J connectivity index is 2.54. The van der Waals surface area contributed by atoms with E-state index < -0.39 is 11.6 Å². The van der Waals surface area contributed by atoms with Crippen LogP contribution < -0.4 is 0 Å². The van der Waals surface area contributed by atoms with Crippen molar-refractivity contribution in [1.82, 2.24) is 0 Å². The molecule has 0 saturated carbocycles. The molecule has 0 bridgehead atoms. The minimum atomic E-state index is -1.14. The van der Waals surface area contributed by atoms with Crippen molar-refractivity contribution in [3.63, 3.8) is 0 Å². The molecule has 0 spiro atoms. The van der Waals surface area contributed by atoms with Gasteiger partial charge in [-0.15, -0.1) is 0 Å². The van der Waals surface area contributed by atoms with E-state index in [1.807, 2.05) is 24.3 Å². The van der Waals surface area contributed by atoms with E-state index in [0.717, 1.165) is 10.0 Å². The van der Waals surface area contributed by atoms with Gasteiger partial charge in [0.1, 0.15) is 0 Å². The van der Waals surface area contributed by atoms with Crippen molar-refractivity contribution in [1.29, 1.82) is 0 Å². The van der Waals surface area contributed by atoms with Crippen molar-refractivity contribution >= 4 is 21.9 Å². The first-order valence-electron chi connectivity index (χ1n) is 5.08. The van der Waals surface area contributed by atoms with Crippen LogP contribution in [0.4, 0.5) is 0 Å². The van der Waals surface area contributed by atoms with Gasteiger partial charge in [-0.1, -0.05) is 28.1 Å². The standard InChI is InChI=1S/C12H15BrO3/c1-12(16,8-11(14)15)6-5-9-3-2-4-10(13)7-9/h2-4,7,16H,5-6,8H2,1H3,(H,14,15). The molecule has 1 rings (SSSR count). The molecular formula is C12H15BrO3. The van der Waals surface area contributed by atoms with E-state index in [2.05, 4.69) is 15.9 Å². The van der Waals surface area contributed by atoms with Crippen LogP contribution in [0, 0.1) is 0 Å². The van der Waals surface area contributed by atoms with Gasteiger partial charge in [0.25, 0.3) is 0 Å². The Labute approximate surface area is 103 Å². The SMILES string of the molecule is CC(O)(CCc1cccc(Br)c1)CC(=O)O. The van der Waals surface area contributed by atoms with Gasteiger partial charge in [-0.05, 0) is 37.5 Å². The van der Waals surface area contributed by atoms with Crippen LogP contribution in [0.15, 0.2) is 28.7 Å². The average molecular weight is 287 g/mol. The first-order valence-corrected chi connectivity index (χ1v) is 5.87. The van der Waals surface area contributed by atoms with Crippen LogP contribution in [0.1, 0.15) is 25.3 Å².